The fraction of sp³-hybridized carbons (Fsp3) is 0.800. The molecule has 96 valence electrons. The molecule has 0 N–H and O–H groups in total. The Bertz CT molecular complexity index is 367. The summed E-state index contributed by atoms with van der Waals surface area (Å²) < 4.78 is 2.33. The Balaban J connectivity index is 2.18. The van der Waals surface area contributed by atoms with Gasteiger partial charge in [-0.2, -0.15) is 5.10 Å². The van der Waals surface area contributed by atoms with E-state index in [1.54, 1.807) is 0 Å². The molecule has 1 heterocycles. The fourth-order valence-corrected chi connectivity index (χ4v) is 2.98. The first-order chi connectivity index (χ1) is 8.15. The molecule has 0 aromatic carbocycles. The third kappa shape index (κ3) is 2.56. The lowest BCUT2D eigenvalue weighted by Gasteiger charge is -2.33. The van der Waals surface area contributed by atoms with Gasteiger partial charge in [0.1, 0.15) is 0 Å². The molecule has 0 aliphatic heterocycles. The highest BCUT2D eigenvalue weighted by Crippen LogP contribution is 2.36. The smallest absolute Gasteiger partial charge is 0.0624 e. The Hall–Kier alpha value is -0.790. The third-order valence-corrected chi connectivity index (χ3v) is 4.50. The van der Waals surface area contributed by atoms with E-state index in [1.165, 1.54) is 30.7 Å². The van der Waals surface area contributed by atoms with E-state index in [0.717, 1.165) is 24.7 Å². The topological polar surface area (TPSA) is 17.8 Å². The lowest BCUT2D eigenvalue weighted by molar-refractivity contribution is 0.198. The summed E-state index contributed by atoms with van der Waals surface area (Å²) in [5, 5.41) is 4.80. The van der Waals surface area contributed by atoms with E-state index in [-0.39, 0.29) is 0 Å². The Morgan fingerprint density at radius 3 is 2.53 bits per heavy atom. The van der Waals surface area contributed by atoms with Gasteiger partial charge in [0.2, 0.25) is 0 Å². The van der Waals surface area contributed by atoms with Crippen molar-refractivity contribution in [3.63, 3.8) is 0 Å². The molecule has 1 saturated carbocycles. The number of aryl methyl sites for hydroxylation is 2. The van der Waals surface area contributed by atoms with Gasteiger partial charge in [0.05, 0.1) is 11.7 Å². The quantitative estimate of drug-likeness (QED) is 0.773. The minimum absolute atomic E-state index is 0.649. The molecule has 2 heteroatoms. The Kier molecular flexibility index (Phi) is 3.90. The van der Waals surface area contributed by atoms with E-state index >= 15 is 0 Å². The predicted molar refractivity (Wildman–Crippen MR) is 72.2 cm³/mol. The zero-order valence-corrected chi connectivity index (χ0v) is 11.7. The van der Waals surface area contributed by atoms with Gasteiger partial charge in [0, 0.05) is 5.69 Å². The van der Waals surface area contributed by atoms with Crippen LogP contribution in [-0.4, -0.2) is 9.78 Å². The van der Waals surface area contributed by atoms with Gasteiger partial charge in [-0.3, -0.25) is 4.68 Å². The molecule has 0 spiro atoms. The number of rotatable bonds is 3. The Labute approximate surface area is 105 Å². The molecule has 1 aromatic heterocycles. The van der Waals surface area contributed by atoms with Crippen LogP contribution in [0.15, 0.2) is 6.07 Å². The summed E-state index contributed by atoms with van der Waals surface area (Å²) in [6.45, 7) is 9.22. The zero-order valence-electron chi connectivity index (χ0n) is 11.7. The first-order valence-corrected chi connectivity index (χ1v) is 7.23. The molecule has 1 fully saturated rings. The van der Waals surface area contributed by atoms with E-state index in [1.807, 2.05) is 0 Å². The second-order valence-electron chi connectivity index (χ2n) is 5.70. The van der Waals surface area contributed by atoms with Crippen molar-refractivity contribution in [2.24, 2.45) is 11.8 Å². The molecule has 17 heavy (non-hydrogen) atoms. The summed E-state index contributed by atoms with van der Waals surface area (Å²) in [6, 6.07) is 2.94. The van der Waals surface area contributed by atoms with Gasteiger partial charge >= 0.3 is 0 Å². The van der Waals surface area contributed by atoms with Gasteiger partial charge in [-0.05, 0) is 50.0 Å². The van der Waals surface area contributed by atoms with Crippen molar-refractivity contribution in [2.45, 2.75) is 65.8 Å². The molecule has 1 aliphatic rings. The average Bonchev–Trinajstić information content (AvgIpc) is 2.76. The van der Waals surface area contributed by atoms with Crippen molar-refractivity contribution in [2.75, 3.05) is 0 Å². The van der Waals surface area contributed by atoms with Crippen LogP contribution in [0.1, 0.15) is 64.4 Å². The molecule has 3 unspecified atom stereocenters. The zero-order chi connectivity index (χ0) is 12.4. The van der Waals surface area contributed by atoms with Gasteiger partial charge in [-0.1, -0.05) is 27.7 Å². The minimum Gasteiger partial charge on any atom is -0.266 e. The van der Waals surface area contributed by atoms with Crippen molar-refractivity contribution in [1.82, 2.24) is 9.78 Å². The SMILES string of the molecule is CCc1cc(CC)n(C2CCC(C)C(C)C2)n1. The molecular weight excluding hydrogens is 208 g/mol. The number of hydrogen-bond donors (Lipinski definition) is 0. The molecule has 0 radical (unpaired) electrons. The highest BCUT2D eigenvalue weighted by molar-refractivity contribution is 5.11. The second-order valence-corrected chi connectivity index (χ2v) is 5.70. The number of nitrogens with zero attached hydrogens (tertiary/aromatic N) is 2. The van der Waals surface area contributed by atoms with E-state index in [4.69, 9.17) is 5.10 Å². The van der Waals surface area contributed by atoms with E-state index in [9.17, 15) is 0 Å². The van der Waals surface area contributed by atoms with Gasteiger partial charge in [0.15, 0.2) is 0 Å². The third-order valence-electron chi connectivity index (χ3n) is 4.50. The normalized spacial score (nSPS) is 29.5. The van der Waals surface area contributed by atoms with Crippen LogP contribution in [0.3, 0.4) is 0 Å². The number of aromatic nitrogens is 2. The highest BCUT2D eigenvalue weighted by atomic mass is 15.3. The molecule has 1 aromatic rings. The monoisotopic (exact) mass is 234 g/mol. The average molecular weight is 234 g/mol. The lowest BCUT2D eigenvalue weighted by Crippen LogP contribution is -2.25. The Morgan fingerprint density at radius 2 is 1.94 bits per heavy atom. The van der Waals surface area contributed by atoms with Crippen molar-refractivity contribution < 1.29 is 0 Å². The van der Waals surface area contributed by atoms with Crippen molar-refractivity contribution in [1.29, 1.82) is 0 Å². The molecular formula is C15H26N2. The van der Waals surface area contributed by atoms with Crippen molar-refractivity contribution in [3.8, 4) is 0 Å². The van der Waals surface area contributed by atoms with Crippen LogP contribution < -0.4 is 0 Å². The standard InChI is InChI=1S/C15H26N2/c1-5-13-10-14(6-2)17(16-13)15-8-7-11(3)12(4)9-15/h10-12,15H,5-9H2,1-4H3. The summed E-state index contributed by atoms with van der Waals surface area (Å²) in [4.78, 5) is 0. The van der Waals surface area contributed by atoms with Crippen LogP contribution in [-0.2, 0) is 12.8 Å². The summed E-state index contributed by atoms with van der Waals surface area (Å²) in [7, 11) is 0. The van der Waals surface area contributed by atoms with Crippen LogP contribution in [0.4, 0.5) is 0 Å². The van der Waals surface area contributed by atoms with Crippen LogP contribution in [0, 0.1) is 11.8 Å². The maximum atomic E-state index is 4.80. The van der Waals surface area contributed by atoms with Gasteiger partial charge in [-0.25, -0.2) is 0 Å². The first-order valence-electron chi connectivity index (χ1n) is 7.23. The second kappa shape index (κ2) is 5.24. The van der Waals surface area contributed by atoms with Gasteiger partial charge in [-0.15, -0.1) is 0 Å². The summed E-state index contributed by atoms with van der Waals surface area (Å²) >= 11 is 0. The molecule has 0 saturated heterocycles. The molecule has 3 atom stereocenters. The summed E-state index contributed by atoms with van der Waals surface area (Å²) in [6.07, 6.45) is 6.13. The maximum absolute atomic E-state index is 4.80. The van der Waals surface area contributed by atoms with E-state index in [0.29, 0.717) is 6.04 Å². The summed E-state index contributed by atoms with van der Waals surface area (Å²) in [5.41, 5.74) is 2.68. The largest absolute Gasteiger partial charge is 0.266 e. The van der Waals surface area contributed by atoms with Crippen molar-refractivity contribution >= 4 is 0 Å². The van der Waals surface area contributed by atoms with E-state index < -0.39 is 0 Å². The minimum atomic E-state index is 0.649. The van der Waals surface area contributed by atoms with Gasteiger partial charge in [0.25, 0.3) is 0 Å². The fourth-order valence-electron chi connectivity index (χ4n) is 2.98. The van der Waals surface area contributed by atoms with Crippen LogP contribution in [0.2, 0.25) is 0 Å². The summed E-state index contributed by atoms with van der Waals surface area (Å²) in [5.74, 6) is 1.73. The van der Waals surface area contributed by atoms with Crippen LogP contribution in [0.5, 0.6) is 0 Å². The lowest BCUT2D eigenvalue weighted by atomic mass is 9.79. The highest BCUT2D eigenvalue weighted by Gasteiger charge is 2.27. The molecule has 0 bridgehead atoms. The molecule has 0 amide bonds. The maximum Gasteiger partial charge on any atom is 0.0624 e. The first kappa shape index (κ1) is 12.7. The molecule has 1 aliphatic carbocycles. The molecule has 2 nitrogen and oxygen atoms in total. The van der Waals surface area contributed by atoms with Crippen LogP contribution >= 0.6 is 0 Å². The van der Waals surface area contributed by atoms with Crippen molar-refractivity contribution in [3.05, 3.63) is 17.5 Å². The van der Waals surface area contributed by atoms with Gasteiger partial charge < -0.3 is 0 Å². The Morgan fingerprint density at radius 1 is 1.18 bits per heavy atom. The number of hydrogen-bond acceptors (Lipinski definition) is 1. The predicted octanol–water partition coefficient (Wildman–Crippen LogP) is 4.01. The van der Waals surface area contributed by atoms with E-state index in [2.05, 4.69) is 38.4 Å². The van der Waals surface area contributed by atoms with Crippen LogP contribution in [0.25, 0.3) is 0 Å². The molecule has 2 rings (SSSR count).